The molecular weight excluding hydrogens is 316 g/mol. The lowest BCUT2D eigenvalue weighted by molar-refractivity contribution is 0.0951. The Bertz CT molecular complexity index is 727. The Labute approximate surface area is 139 Å². The fraction of sp³-hybridized carbons (Fsp3) is 0.176. The van der Waals surface area contributed by atoms with Gasteiger partial charge < -0.3 is 9.47 Å². The zero-order valence-electron chi connectivity index (χ0n) is 13.1. The van der Waals surface area contributed by atoms with Crippen LogP contribution < -0.4 is 14.9 Å². The van der Waals surface area contributed by atoms with Crippen LogP contribution in [0, 0.1) is 0 Å². The molecule has 0 atom stereocenters. The van der Waals surface area contributed by atoms with Crippen molar-refractivity contribution in [1.29, 1.82) is 0 Å². The number of hydrogen-bond acceptors (Lipinski definition) is 4. The lowest BCUT2D eigenvalue weighted by atomic mass is 10.1. The normalized spacial score (nSPS) is 11.0. The average molecular weight is 333 g/mol. The van der Waals surface area contributed by atoms with E-state index in [2.05, 4.69) is 10.5 Å². The molecule has 120 valence electrons. The molecule has 0 aliphatic rings. The van der Waals surface area contributed by atoms with E-state index in [-0.39, 0.29) is 5.91 Å². The number of rotatable bonds is 5. The molecule has 0 bridgehead atoms. The molecule has 1 amide bonds. The lowest BCUT2D eigenvalue weighted by Crippen LogP contribution is -2.20. The molecule has 23 heavy (non-hydrogen) atoms. The molecule has 0 fully saturated rings. The van der Waals surface area contributed by atoms with Crippen molar-refractivity contribution in [2.45, 2.75) is 6.92 Å². The number of nitrogens with zero attached hydrogens (tertiary/aromatic N) is 1. The number of hydrogen-bond donors (Lipinski definition) is 1. The van der Waals surface area contributed by atoms with Gasteiger partial charge in [0.05, 0.1) is 25.5 Å². The van der Waals surface area contributed by atoms with Gasteiger partial charge in [-0.15, -0.1) is 0 Å². The van der Waals surface area contributed by atoms with E-state index >= 15 is 0 Å². The van der Waals surface area contributed by atoms with Gasteiger partial charge >= 0.3 is 0 Å². The largest absolute Gasteiger partial charge is 0.497 e. The quantitative estimate of drug-likeness (QED) is 0.673. The SMILES string of the molecule is COc1ccc(C(=O)NN=C(C)c2ccc(Cl)cc2)c(OC)c1. The van der Waals surface area contributed by atoms with Gasteiger partial charge in [0.15, 0.2) is 0 Å². The van der Waals surface area contributed by atoms with Gasteiger partial charge in [-0.2, -0.15) is 5.10 Å². The minimum atomic E-state index is -0.363. The Hall–Kier alpha value is -2.53. The zero-order chi connectivity index (χ0) is 16.8. The Morgan fingerprint density at radius 3 is 2.39 bits per heavy atom. The van der Waals surface area contributed by atoms with Crippen LogP contribution in [0.5, 0.6) is 11.5 Å². The fourth-order valence-corrected chi connectivity index (χ4v) is 2.06. The van der Waals surface area contributed by atoms with Gasteiger partial charge in [-0.05, 0) is 36.8 Å². The molecule has 0 spiro atoms. The maximum Gasteiger partial charge on any atom is 0.275 e. The molecule has 1 N–H and O–H groups in total. The van der Waals surface area contributed by atoms with E-state index in [1.165, 1.54) is 7.11 Å². The third-order valence-corrected chi connectivity index (χ3v) is 3.49. The second-order valence-corrected chi connectivity index (χ2v) is 5.15. The first-order chi connectivity index (χ1) is 11.0. The topological polar surface area (TPSA) is 59.9 Å². The highest BCUT2D eigenvalue weighted by Gasteiger charge is 2.13. The summed E-state index contributed by atoms with van der Waals surface area (Å²) in [5.41, 5.74) is 4.44. The molecule has 6 heteroatoms. The molecule has 5 nitrogen and oxygen atoms in total. The third kappa shape index (κ3) is 4.23. The maximum absolute atomic E-state index is 12.3. The number of hydrazone groups is 1. The minimum absolute atomic E-state index is 0.363. The van der Waals surface area contributed by atoms with E-state index in [0.717, 1.165) is 5.56 Å². The Balaban J connectivity index is 2.15. The van der Waals surface area contributed by atoms with Crippen molar-refractivity contribution in [3.8, 4) is 11.5 Å². The van der Waals surface area contributed by atoms with Gasteiger partial charge in [0.1, 0.15) is 11.5 Å². The molecule has 0 aliphatic carbocycles. The Kier molecular flexibility index (Phi) is 5.60. The number of ether oxygens (including phenoxy) is 2. The summed E-state index contributed by atoms with van der Waals surface area (Å²) >= 11 is 5.85. The molecule has 0 radical (unpaired) electrons. The van der Waals surface area contributed by atoms with Crippen molar-refractivity contribution in [3.05, 3.63) is 58.6 Å². The summed E-state index contributed by atoms with van der Waals surface area (Å²) < 4.78 is 10.3. The number of carbonyl (C=O) groups excluding carboxylic acids is 1. The first-order valence-corrected chi connectivity index (χ1v) is 7.25. The number of benzene rings is 2. The number of methoxy groups -OCH3 is 2. The third-order valence-electron chi connectivity index (χ3n) is 3.24. The van der Waals surface area contributed by atoms with Gasteiger partial charge in [-0.1, -0.05) is 23.7 Å². The van der Waals surface area contributed by atoms with E-state index in [4.69, 9.17) is 21.1 Å². The van der Waals surface area contributed by atoms with Crippen LogP contribution in [0.25, 0.3) is 0 Å². The van der Waals surface area contributed by atoms with E-state index in [1.54, 1.807) is 44.4 Å². The summed E-state index contributed by atoms with van der Waals surface area (Å²) in [6.07, 6.45) is 0. The molecule has 0 saturated heterocycles. The number of halogens is 1. The van der Waals surface area contributed by atoms with E-state index in [0.29, 0.717) is 27.8 Å². The summed E-state index contributed by atoms with van der Waals surface area (Å²) in [6, 6.07) is 12.2. The highest BCUT2D eigenvalue weighted by atomic mass is 35.5. The first kappa shape index (κ1) is 16.8. The Morgan fingerprint density at radius 1 is 1.09 bits per heavy atom. The molecule has 2 aromatic carbocycles. The maximum atomic E-state index is 12.3. The number of carbonyl (C=O) groups is 1. The second-order valence-electron chi connectivity index (χ2n) is 4.71. The molecule has 2 rings (SSSR count). The fourth-order valence-electron chi connectivity index (χ4n) is 1.94. The van der Waals surface area contributed by atoms with Gasteiger partial charge in [-0.3, -0.25) is 4.79 Å². The molecule has 0 saturated carbocycles. The van der Waals surface area contributed by atoms with Gasteiger partial charge in [0, 0.05) is 11.1 Å². The lowest BCUT2D eigenvalue weighted by Gasteiger charge is -2.09. The number of amides is 1. The van der Waals surface area contributed by atoms with Crippen molar-refractivity contribution in [2.75, 3.05) is 14.2 Å². The molecule has 0 aliphatic heterocycles. The standard InChI is InChI=1S/C17H17ClN2O3/c1-11(12-4-6-13(18)7-5-12)19-20-17(21)15-9-8-14(22-2)10-16(15)23-3/h4-10H,1-3H3,(H,20,21). The summed E-state index contributed by atoms with van der Waals surface area (Å²) in [7, 11) is 3.04. The average Bonchev–Trinajstić information content (AvgIpc) is 2.59. The molecule has 0 unspecified atom stereocenters. The van der Waals surface area contributed by atoms with Crippen LogP contribution in [0.3, 0.4) is 0 Å². The van der Waals surface area contributed by atoms with Crippen LogP contribution >= 0.6 is 11.6 Å². The monoisotopic (exact) mass is 332 g/mol. The Morgan fingerprint density at radius 2 is 1.78 bits per heavy atom. The van der Waals surface area contributed by atoms with Crippen molar-refractivity contribution < 1.29 is 14.3 Å². The predicted octanol–water partition coefficient (Wildman–Crippen LogP) is 3.51. The van der Waals surface area contributed by atoms with Crippen LogP contribution in [0.2, 0.25) is 5.02 Å². The minimum Gasteiger partial charge on any atom is -0.497 e. The number of nitrogens with one attached hydrogen (secondary N) is 1. The van der Waals surface area contributed by atoms with Crippen LogP contribution in [0.1, 0.15) is 22.8 Å². The van der Waals surface area contributed by atoms with Crippen LogP contribution in [0.4, 0.5) is 0 Å². The van der Waals surface area contributed by atoms with Crippen molar-refractivity contribution in [3.63, 3.8) is 0 Å². The van der Waals surface area contributed by atoms with Crippen LogP contribution in [0.15, 0.2) is 47.6 Å². The smallest absolute Gasteiger partial charge is 0.275 e. The van der Waals surface area contributed by atoms with E-state index in [1.807, 2.05) is 12.1 Å². The molecule has 2 aromatic rings. The van der Waals surface area contributed by atoms with E-state index in [9.17, 15) is 4.79 Å². The van der Waals surface area contributed by atoms with E-state index < -0.39 is 0 Å². The van der Waals surface area contributed by atoms with Gasteiger partial charge in [-0.25, -0.2) is 5.43 Å². The molecule has 0 aromatic heterocycles. The predicted molar refractivity (Wildman–Crippen MR) is 90.7 cm³/mol. The zero-order valence-corrected chi connectivity index (χ0v) is 13.8. The molecular formula is C17H17ClN2O3. The molecule has 0 heterocycles. The van der Waals surface area contributed by atoms with Crippen molar-refractivity contribution in [2.24, 2.45) is 5.10 Å². The van der Waals surface area contributed by atoms with Crippen LogP contribution in [-0.2, 0) is 0 Å². The highest BCUT2D eigenvalue weighted by Crippen LogP contribution is 2.24. The van der Waals surface area contributed by atoms with Crippen molar-refractivity contribution >= 4 is 23.2 Å². The summed E-state index contributed by atoms with van der Waals surface area (Å²) in [5, 5.41) is 4.75. The van der Waals surface area contributed by atoms with Gasteiger partial charge in [0.2, 0.25) is 0 Å². The second kappa shape index (κ2) is 7.65. The van der Waals surface area contributed by atoms with Gasteiger partial charge in [0.25, 0.3) is 5.91 Å². The summed E-state index contributed by atoms with van der Waals surface area (Å²) in [4.78, 5) is 12.3. The highest BCUT2D eigenvalue weighted by molar-refractivity contribution is 6.30. The summed E-state index contributed by atoms with van der Waals surface area (Å²) in [6.45, 7) is 1.80. The first-order valence-electron chi connectivity index (χ1n) is 6.87. The van der Waals surface area contributed by atoms with Crippen LogP contribution in [-0.4, -0.2) is 25.8 Å². The van der Waals surface area contributed by atoms with Crippen molar-refractivity contribution in [1.82, 2.24) is 5.43 Å². The summed E-state index contributed by atoms with van der Waals surface area (Å²) in [5.74, 6) is 0.665.